The molecule has 232 valence electrons. The van der Waals surface area contributed by atoms with Gasteiger partial charge in [-0.1, -0.05) is 12.1 Å². The van der Waals surface area contributed by atoms with E-state index in [0.717, 1.165) is 0 Å². The Morgan fingerprint density at radius 1 is 1.07 bits per heavy atom. The molecule has 1 atom stereocenters. The molecule has 0 aliphatic rings. The number of aromatic amines is 1. The molecule has 0 saturated carbocycles. The van der Waals surface area contributed by atoms with Gasteiger partial charge in [0, 0.05) is 31.1 Å². The van der Waals surface area contributed by atoms with Crippen LogP contribution in [-0.4, -0.2) is 60.5 Å². The third kappa shape index (κ3) is 7.99. The monoisotopic (exact) mass is 616 g/mol. The van der Waals surface area contributed by atoms with Crippen molar-refractivity contribution >= 4 is 46.7 Å². The van der Waals surface area contributed by atoms with Gasteiger partial charge >= 0.3 is 17.6 Å². The molecule has 0 bridgehead atoms. The van der Waals surface area contributed by atoms with Gasteiger partial charge in [0.25, 0.3) is 17.2 Å². The van der Waals surface area contributed by atoms with E-state index < -0.39 is 62.9 Å². The minimum Gasteiger partial charge on any atom is -0.481 e. The summed E-state index contributed by atoms with van der Waals surface area (Å²) in [5, 5.41) is 43.3. The van der Waals surface area contributed by atoms with Crippen molar-refractivity contribution in [2.75, 3.05) is 22.9 Å². The first-order valence-corrected chi connectivity index (χ1v) is 12.5. The first-order valence-electron chi connectivity index (χ1n) is 12.5. The predicted molar refractivity (Wildman–Crippen MR) is 150 cm³/mol. The highest BCUT2D eigenvalue weighted by molar-refractivity contribution is 5.96. The molecule has 18 nitrogen and oxygen atoms in total. The topological polar surface area (TPSA) is 291 Å². The fraction of sp³-hybridized carbons (Fsp3) is 0.240. The van der Waals surface area contributed by atoms with Crippen molar-refractivity contribution in [2.24, 2.45) is 0 Å². The quantitative estimate of drug-likeness (QED) is 0.110. The van der Waals surface area contributed by atoms with E-state index in [4.69, 9.17) is 16.6 Å². The summed E-state index contributed by atoms with van der Waals surface area (Å²) in [6.45, 7) is -0.403. The van der Waals surface area contributed by atoms with Crippen LogP contribution in [0.2, 0.25) is 0 Å². The number of nitrogens with zero attached hydrogens (tertiary/aromatic N) is 4. The molecular formula is C25H25FN8O10. The number of halogens is 1. The number of amides is 1. The highest BCUT2D eigenvalue weighted by Crippen LogP contribution is 2.35. The fourth-order valence-corrected chi connectivity index (χ4v) is 4.13. The lowest BCUT2D eigenvalue weighted by Crippen LogP contribution is -2.41. The molecule has 0 unspecified atom stereocenters. The number of carboxylic acid groups (broad SMARTS) is 2. The molecule has 1 aromatic heterocycles. The second kappa shape index (κ2) is 13.7. The molecule has 1 amide bonds. The van der Waals surface area contributed by atoms with Gasteiger partial charge in [-0.05, 0) is 30.5 Å². The van der Waals surface area contributed by atoms with Crippen molar-refractivity contribution in [1.29, 1.82) is 0 Å². The summed E-state index contributed by atoms with van der Waals surface area (Å²) in [6, 6.07) is 5.05. The van der Waals surface area contributed by atoms with Gasteiger partial charge in [-0.15, -0.1) is 0 Å². The van der Waals surface area contributed by atoms with Crippen molar-refractivity contribution in [3.63, 3.8) is 0 Å². The summed E-state index contributed by atoms with van der Waals surface area (Å²) in [5.74, 6) is -5.30. The van der Waals surface area contributed by atoms with Crippen LogP contribution in [-0.2, 0) is 22.6 Å². The third-order valence-corrected chi connectivity index (χ3v) is 6.32. The minimum absolute atomic E-state index is 0.00138. The van der Waals surface area contributed by atoms with Crippen LogP contribution in [0.5, 0.6) is 0 Å². The van der Waals surface area contributed by atoms with Gasteiger partial charge in [-0.3, -0.25) is 39.6 Å². The van der Waals surface area contributed by atoms with Crippen LogP contribution in [0.15, 0.2) is 41.2 Å². The molecule has 0 aliphatic carbocycles. The van der Waals surface area contributed by atoms with Gasteiger partial charge in [-0.2, -0.15) is 9.37 Å². The average molecular weight is 617 g/mol. The number of anilines is 3. The molecule has 8 N–H and O–H groups in total. The number of aliphatic carboxylic acids is 2. The van der Waals surface area contributed by atoms with E-state index in [9.17, 15) is 48.9 Å². The summed E-state index contributed by atoms with van der Waals surface area (Å²) in [7, 11) is 0. The number of aromatic nitrogens is 2. The summed E-state index contributed by atoms with van der Waals surface area (Å²) >= 11 is 0. The Hall–Kier alpha value is -6.14. The van der Waals surface area contributed by atoms with E-state index in [2.05, 4.69) is 15.3 Å². The smallest absolute Gasteiger partial charge is 0.326 e. The number of nitro groups is 2. The first kappa shape index (κ1) is 32.4. The molecule has 3 rings (SSSR count). The van der Waals surface area contributed by atoms with Crippen LogP contribution in [0.4, 0.5) is 33.2 Å². The Balaban J connectivity index is 1.95. The Kier molecular flexibility index (Phi) is 10.1. The second-order valence-corrected chi connectivity index (χ2v) is 9.29. The van der Waals surface area contributed by atoms with Crippen molar-refractivity contribution in [1.82, 2.24) is 15.3 Å². The molecule has 0 radical (unpaired) electrons. The number of carboxylic acids is 2. The Labute approximate surface area is 245 Å². The number of carbonyl (C=O) groups excluding carboxylic acids is 1. The fourth-order valence-electron chi connectivity index (χ4n) is 4.13. The van der Waals surface area contributed by atoms with Crippen molar-refractivity contribution < 1.29 is 38.8 Å². The van der Waals surface area contributed by atoms with Crippen LogP contribution in [0.1, 0.15) is 34.3 Å². The zero-order valence-corrected chi connectivity index (χ0v) is 22.6. The van der Waals surface area contributed by atoms with E-state index in [1.807, 2.05) is 0 Å². The molecule has 1 heterocycles. The summed E-state index contributed by atoms with van der Waals surface area (Å²) in [4.78, 5) is 75.5. The van der Waals surface area contributed by atoms with Gasteiger partial charge < -0.3 is 31.9 Å². The first-order chi connectivity index (χ1) is 20.7. The van der Waals surface area contributed by atoms with E-state index >= 15 is 0 Å². The van der Waals surface area contributed by atoms with E-state index in [1.54, 1.807) is 0 Å². The third-order valence-electron chi connectivity index (χ3n) is 6.32. The number of benzene rings is 2. The standard InChI is InChI=1S/C25H25FN8O10/c26-15-9-18(19(34(43)44)10-17(15)33(41)42)32(8-7-14-21(27)30-25(28)31-23(14)38)11-12-1-3-13(4-2-12)22(37)29-16(24(39)40)5-6-20(35)36/h1-4,9-10,16H,5-8,11H2,(H,29,37)(H,35,36)(H,39,40)(H5,27,28,30,31,38)/t16-/m0/s1. The highest BCUT2D eigenvalue weighted by Gasteiger charge is 2.28. The number of nitro benzene ring substituents is 2. The maximum Gasteiger partial charge on any atom is 0.326 e. The summed E-state index contributed by atoms with van der Waals surface area (Å²) < 4.78 is 14.7. The Morgan fingerprint density at radius 2 is 1.70 bits per heavy atom. The molecule has 0 fully saturated rings. The predicted octanol–water partition coefficient (Wildman–Crippen LogP) is 1.19. The Morgan fingerprint density at radius 3 is 2.25 bits per heavy atom. The van der Waals surface area contributed by atoms with Gasteiger partial charge in [0.1, 0.15) is 17.5 Å². The molecule has 2 aromatic carbocycles. The number of H-pyrrole nitrogens is 1. The summed E-state index contributed by atoms with van der Waals surface area (Å²) in [6.07, 6.45) is -1.02. The van der Waals surface area contributed by atoms with Crippen LogP contribution < -0.4 is 27.2 Å². The van der Waals surface area contributed by atoms with Gasteiger partial charge in [-0.25, -0.2) is 4.79 Å². The number of nitrogens with two attached hydrogens (primary N) is 2. The van der Waals surface area contributed by atoms with E-state index in [-0.39, 0.29) is 54.5 Å². The van der Waals surface area contributed by atoms with E-state index in [0.29, 0.717) is 17.7 Å². The van der Waals surface area contributed by atoms with Gasteiger partial charge in [0.05, 0.1) is 21.5 Å². The van der Waals surface area contributed by atoms with E-state index in [1.165, 1.54) is 29.2 Å². The van der Waals surface area contributed by atoms with Crippen molar-refractivity contribution in [3.8, 4) is 0 Å². The lowest BCUT2D eigenvalue weighted by molar-refractivity contribution is -0.395. The van der Waals surface area contributed by atoms with Crippen LogP contribution >= 0.6 is 0 Å². The minimum atomic E-state index is -1.47. The number of carbonyl (C=O) groups is 3. The highest BCUT2D eigenvalue weighted by atomic mass is 19.1. The molecule has 0 aliphatic heterocycles. The van der Waals surface area contributed by atoms with Gasteiger partial charge in [0.2, 0.25) is 11.8 Å². The summed E-state index contributed by atoms with van der Waals surface area (Å²) in [5.41, 5.74) is 8.69. The second-order valence-electron chi connectivity index (χ2n) is 9.29. The maximum absolute atomic E-state index is 14.7. The Bertz CT molecular complexity index is 1680. The number of hydrogen-bond acceptors (Lipinski definition) is 12. The maximum atomic E-state index is 14.7. The van der Waals surface area contributed by atoms with Crippen LogP contribution in [0.3, 0.4) is 0 Å². The van der Waals surface area contributed by atoms with Crippen molar-refractivity contribution in [2.45, 2.75) is 31.8 Å². The number of nitrogen functional groups attached to an aromatic ring is 2. The lowest BCUT2D eigenvalue weighted by atomic mass is 10.1. The zero-order valence-electron chi connectivity index (χ0n) is 22.6. The zero-order chi connectivity index (χ0) is 32.7. The number of rotatable bonds is 14. The molecule has 19 heteroatoms. The molecule has 44 heavy (non-hydrogen) atoms. The van der Waals surface area contributed by atoms with Crippen molar-refractivity contribution in [3.05, 3.63) is 89.5 Å². The molecule has 0 spiro atoms. The lowest BCUT2D eigenvalue weighted by Gasteiger charge is -2.25. The SMILES string of the molecule is Nc1nc(N)c(CCN(Cc2ccc(C(=O)N[C@@H](CCC(=O)O)C(=O)O)cc2)c2cc(F)c([N+](=O)[O-])cc2[N+](=O)[O-])c(=O)[nH]1. The number of nitrogens with one attached hydrogen (secondary N) is 2. The molecular weight excluding hydrogens is 591 g/mol. The molecule has 0 saturated heterocycles. The largest absolute Gasteiger partial charge is 0.481 e. The normalized spacial score (nSPS) is 11.4. The van der Waals surface area contributed by atoms with Gasteiger partial charge in [0.15, 0.2) is 0 Å². The van der Waals surface area contributed by atoms with Crippen LogP contribution in [0.25, 0.3) is 0 Å². The average Bonchev–Trinajstić information content (AvgIpc) is 2.93. The van der Waals surface area contributed by atoms with Crippen LogP contribution in [0, 0.1) is 26.0 Å². The number of hydrogen-bond donors (Lipinski definition) is 6. The molecule has 3 aromatic rings.